The Kier molecular flexibility index (Phi) is 5.25. The molecule has 0 saturated carbocycles. The lowest BCUT2D eigenvalue weighted by Crippen LogP contribution is -2.39. The highest BCUT2D eigenvalue weighted by Gasteiger charge is 2.54. The molecule has 1 saturated heterocycles. The molecule has 2 aromatic carbocycles. The summed E-state index contributed by atoms with van der Waals surface area (Å²) in [5, 5.41) is 10.3. The number of rotatable bonds is 5. The summed E-state index contributed by atoms with van der Waals surface area (Å²) in [5.74, 6) is 0.670. The molecular weight excluding hydrogens is 442 g/mol. The fourth-order valence-electron chi connectivity index (χ4n) is 4.09. The third kappa shape index (κ3) is 3.70. The topological polar surface area (TPSA) is 91.4 Å². The summed E-state index contributed by atoms with van der Waals surface area (Å²) in [6.45, 7) is 6.17. The van der Waals surface area contributed by atoms with Crippen molar-refractivity contribution in [1.29, 1.82) is 0 Å². The number of hydrogen-bond acceptors (Lipinski definition) is 7. The first-order valence-corrected chi connectivity index (χ1v) is 11.1. The third-order valence-electron chi connectivity index (χ3n) is 5.95. The number of aromatic nitrogens is 1. The van der Waals surface area contributed by atoms with E-state index in [1.54, 1.807) is 31.2 Å². The van der Waals surface area contributed by atoms with Crippen molar-refractivity contribution in [2.24, 2.45) is 10.3 Å². The minimum atomic E-state index is -0.859. The van der Waals surface area contributed by atoms with Gasteiger partial charge in [-0.1, -0.05) is 48.9 Å². The fraction of sp³-hybridized carbons (Fsp3) is 0.292. The summed E-state index contributed by atoms with van der Waals surface area (Å²) >= 11 is 6.08. The van der Waals surface area contributed by atoms with Gasteiger partial charge >= 0.3 is 0 Å². The molecule has 0 bridgehead atoms. The van der Waals surface area contributed by atoms with E-state index in [-0.39, 0.29) is 18.4 Å². The Morgan fingerprint density at radius 2 is 1.85 bits per heavy atom. The summed E-state index contributed by atoms with van der Waals surface area (Å²) in [7, 11) is 0. The summed E-state index contributed by atoms with van der Waals surface area (Å²) in [4.78, 5) is 32.0. The predicted octanol–water partition coefficient (Wildman–Crippen LogP) is 4.92. The van der Waals surface area contributed by atoms with E-state index in [4.69, 9.17) is 16.0 Å². The van der Waals surface area contributed by atoms with Gasteiger partial charge in [0.05, 0.1) is 12.2 Å². The van der Waals surface area contributed by atoms with Crippen molar-refractivity contribution in [3.63, 3.8) is 0 Å². The molecule has 0 radical (unpaired) electrons. The van der Waals surface area contributed by atoms with E-state index in [1.807, 2.05) is 24.3 Å². The molecule has 0 N–H and O–H groups in total. The number of anilines is 1. The molecule has 2 aliphatic heterocycles. The Bertz CT molecular complexity index is 1270. The maximum atomic E-state index is 13.3. The van der Waals surface area contributed by atoms with E-state index in [0.29, 0.717) is 34.0 Å². The second kappa shape index (κ2) is 8.12. The molecule has 2 atom stereocenters. The molecular formula is C24H22ClN5O3. The minimum absolute atomic E-state index is 0.194. The first-order valence-electron chi connectivity index (χ1n) is 10.7. The highest BCUT2D eigenvalue weighted by molar-refractivity contribution is 6.30. The van der Waals surface area contributed by atoms with Gasteiger partial charge in [-0.15, -0.1) is 0 Å². The van der Waals surface area contributed by atoms with Crippen molar-refractivity contribution in [3.05, 3.63) is 70.6 Å². The van der Waals surface area contributed by atoms with Crippen molar-refractivity contribution in [3.8, 4) is 11.5 Å². The standard InChI is InChI=1S/C24H22ClN5O3/c1-13(2)15-7-9-18(10-8-15)30-23(31)20-21(24(30)32)29(28-27-20)12-19-14(3)33-22(26-19)16-5-4-6-17(25)11-16/h4-11,13,20-21H,12H2,1-3H3/t20-,21-/m1/s1. The molecule has 9 heteroatoms. The first kappa shape index (κ1) is 21.3. The Hall–Kier alpha value is -3.52. The second-order valence-electron chi connectivity index (χ2n) is 8.48. The van der Waals surface area contributed by atoms with Crippen LogP contribution in [-0.2, 0) is 16.1 Å². The Morgan fingerprint density at radius 3 is 2.55 bits per heavy atom. The lowest BCUT2D eigenvalue weighted by molar-refractivity contribution is -0.123. The summed E-state index contributed by atoms with van der Waals surface area (Å²) in [6.07, 6.45) is 0. The number of halogens is 1. The molecule has 2 aliphatic rings. The minimum Gasteiger partial charge on any atom is -0.441 e. The lowest BCUT2D eigenvalue weighted by Gasteiger charge is -2.20. The van der Waals surface area contributed by atoms with E-state index >= 15 is 0 Å². The molecule has 33 heavy (non-hydrogen) atoms. The summed E-state index contributed by atoms with van der Waals surface area (Å²) in [6, 6.07) is 13.0. The monoisotopic (exact) mass is 463 g/mol. The van der Waals surface area contributed by atoms with Gasteiger partial charge in [0.2, 0.25) is 5.89 Å². The maximum absolute atomic E-state index is 13.3. The summed E-state index contributed by atoms with van der Waals surface area (Å²) in [5.41, 5.74) is 3.04. The van der Waals surface area contributed by atoms with Crippen LogP contribution in [0.5, 0.6) is 0 Å². The van der Waals surface area contributed by atoms with Gasteiger partial charge in [0.15, 0.2) is 12.1 Å². The quantitative estimate of drug-likeness (QED) is 0.501. The van der Waals surface area contributed by atoms with E-state index in [9.17, 15) is 9.59 Å². The molecule has 1 fully saturated rings. The lowest BCUT2D eigenvalue weighted by atomic mass is 10.0. The molecule has 3 heterocycles. The fourth-order valence-corrected chi connectivity index (χ4v) is 4.28. The van der Waals surface area contributed by atoms with Gasteiger partial charge in [0, 0.05) is 10.6 Å². The van der Waals surface area contributed by atoms with Crippen molar-refractivity contribution in [2.45, 2.75) is 45.3 Å². The smallest absolute Gasteiger partial charge is 0.263 e. The summed E-state index contributed by atoms with van der Waals surface area (Å²) < 4.78 is 5.82. The van der Waals surface area contributed by atoms with Crippen LogP contribution in [0.15, 0.2) is 63.3 Å². The zero-order valence-corrected chi connectivity index (χ0v) is 19.2. The maximum Gasteiger partial charge on any atom is 0.263 e. The molecule has 168 valence electrons. The van der Waals surface area contributed by atoms with Crippen molar-refractivity contribution in [1.82, 2.24) is 9.99 Å². The number of benzene rings is 2. The van der Waals surface area contributed by atoms with E-state index in [2.05, 4.69) is 29.2 Å². The number of carbonyl (C=O) groups is 2. The normalized spacial score (nSPS) is 19.8. The predicted molar refractivity (Wildman–Crippen MR) is 123 cm³/mol. The highest BCUT2D eigenvalue weighted by atomic mass is 35.5. The molecule has 3 aromatic rings. The Balaban J connectivity index is 1.38. The number of fused-ring (bicyclic) bond motifs is 1. The Morgan fingerprint density at radius 1 is 1.09 bits per heavy atom. The van der Waals surface area contributed by atoms with Crippen LogP contribution in [0.1, 0.15) is 36.8 Å². The van der Waals surface area contributed by atoms with Crippen LogP contribution in [0, 0.1) is 6.92 Å². The van der Waals surface area contributed by atoms with E-state index in [0.717, 1.165) is 11.1 Å². The van der Waals surface area contributed by atoms with E-state index in [1.165, 1.54) is 9.91 Å². The van der Waals surface area contributed by atoms with Gasteiger partial charge in [-0.2, -0.15) is 5.11 Å². The van der Waals surface area contributed by atoms with Crippen LogP contribution in [0.25, 0.3) is 11.5 Å². The number of hydrogen-bond donors (Lipinski definition) is 0. The molecule has 5 rings (SSSR count). The zero-order chi connectivity index (χ0) is 23.3. The largest absolute Gasteiger partial charge is 0.441 e. The zero-order valence-electron chi connectivity index (χ0n) is 18.4. The molecule has 8 nitrogen and oxygen atoms in total. The van der Waals surface area contributed by atoms with Crippen molar-refractivity contribution in [2.75, 3.05) is 4.90 Å². The number of amides is 2. The van der Waals surface area contributed by atoms with Crippen molar-refractivity contribution >= 4 is 29.1 Å². The first-order chi connectivity index (χ1) is 15.8. The van der Waals surface area contributed by atoms with E-state index < -0.39 is 12.1 Å². The molecule has 2 amide bonds. The number of carbonyl (C=O) groups excluding carboxylic acids is 2. The average Bonchev–Trinajstić information content (AvgIpc) is 3.44. The van der Waals surface area contributed by atoms with Gasteiger partial charge in [-0.25, -0.2) is 9.88 Å². The highest BCUT2D eigenvalue weighted by Crippen LogP contribution is 2.34. The van der Waals surface area contributed by atoms with Crippen LogP contribution >= 0.6 is 11.6 Å². The number of nitrogens with zero attached hydrogens (tertiary/aromatic N) is 5. The van der Waals surface area contributed by atoms with Crippen LogP contribution in [0.3, 0.4) is 0 Å². The Labute approximate surface area is 195 Å². The van der Waals surface area contributed by atoms with Gasteiger partial charge in [0.1, 0.15) is 11.5 Å². The van der Waals surface area contributed by atoms with Crippen molar-refractivity contribution < 1.29 is 14.0 Å². The van der Waals surface area contributed by atoms with Crippen LogP contribution < -0.4 is 4.90 Å². The molecule has 0 spiro atoms. The molecule has 0 aliphatic carbocycles. The SMILES string of the molecule is Cc1oc(-c2cccc(Cl)c2)nc1CN1N=N[C@H]2C(=O)N(c3ccc(C(C)C)cc3)C(=O)[C@@H]21. The average molecular weight is 464 g/mol. The number of oxazole rings is 1. The van der Waals surface area contributed by atoms with Gasteiger partial charge in [-0.3, -0.25) is 14.6 Å². The van der Waals surface area contributed by atoms with Gasteiger partial charge < -0.3 is 4.42 Å². The number of imide groups is 1. The molecule has 1 aromatic heterocycles. The van der Waals surface area contributed by atoms with Gasteiger partial charge in [0.25, 0.3) is 11.8 Å². The van der Waals surface area contributed by atoms with Crippen LogP contribution in [-0.4, -0.2) is 33.9 Å². The van der Waals surface area contributed by atoms with Crippen LogP contribution in [0.4, 0.5) is 5.69 Å². The molecule has 0 unspecified atom stereocenters. The second-order valence-corrected chi connectivity index (χ2v) is 8.92. The van der Waals surface area contributed by atoms with Gasteiger partial charge in [-0.05, 0) is 48.7 Å². The van der Waals surface area contributed by atoms with Crippen LogP contribution in [0.2, 0.25) is 5.02 Å². The number of aryl methyl sites for hydroxylation is 1. The third-order valence-corrected chi connectivity index (χ3v) is 6.19.